The summed E-state index contributed by atoms with van der Waals surface area (Å²) in [7, 11) is 1.36. The molecule has 3 rings (SSSR count). The van der Waals surface area contributed by atoms with Crippen molar-refractivity contribution >= 4 is 17.5 Å². The number of benzene rings is 2. The third kappa shape index (κ3) is 3.54. The molecule has 0 saturated carbocycles. The molecule has 0 bridgehead atoms. The van der Waals surface area contributed by atoms with Crippen molar-refractivity contribution in [3.63, 3.8) is 0 Å². The lowest BCUT2D eigenvalue weighted by molar-refractivity contribution is -0.118. The summed E-state index contributed by atoms with van der Waals surface area (Å²) in [4.78, 5) is 26.7. The minimum absolute atomic E-state index is 0.0690. The summed E-state index contributed by atoms with van der Waals surface area (Å²) in [6, 6.07) is 9.30. The summed E-state index contributed by atoms with van der Waals surface area (Å²) in [6.07, 6.45) is 0.510. The predicted molar refractivity (Wildman–Crippen MR) is 97.1 cm³/mol. The SMILES string of the molecule is COc1ccc(C(=O)N[C@@H]2CCN(c3cc(C)cc(C)c3)C2=O)cc1F. The number of carbonyl (C=O) groups excluding carboxylic acids is 2. The van der Waals surface area contributed by atoms with Crippen LogP contribution >= 0.6 is 0 Å². The minimum atomic E-state index is -0.617. The van der Waals surface area contributed by atoms with Crippen LogP contribution in [0.2, 0.25) is 0 Å². The first-order valence-corrected chi connectivity index (χ1v) is 8.43. The summed E-state index contributed by atoms with van der Waals surface area (Å²) in [5.74, 6) is -1.18. The fourth-order valence-corrected chi connectivity index (χ4v) is 3.23. The highest BCUT2D eigenvalue weighted by molar-refractivity contribution is 6.04. The second-order valence-corrected chi connectivity index (χ2v) is 6.50. The van der Waals surface area contributed by atoms with Crippen molar-refractivity contribution in [2.24, 2.45) is 0 Å². The summed E-state index contributed by atoms with van der Waals surface area (Å²) in [5.41, 5.74) is 3.14. The normalized spacial score (nSPS) is 16.7. The molecule has 136 valence electrons. The fraction of sp³-hybridized carbons (Fsp3) is 0.300. The van der Waals surface area contributed by atoms with Gasteiger partial charge in [-0.2, -0.15) is 0 Å². The van der Waals surface area contributed by atoms with Crippen molar-refractivity contribution in [3.05, 3.63) is 58.9 Å². The summed E-state index contributed by atoms with van der Waals surface area (Å²) in [5, 5.41) is 2.70. The van der Waals surface area contributed by atoms with E-state index < -0.39 is 17.8 Å². The van der Waals surface area contributed by atoms with Crippen LogP contribution in [-0.2, 0) is 4.79 Å². The molecular weight excluding hydrogens is 335 g/mol. The highest BCUT2D eigenvalue weighted by Gasteiger charge is 2.34. The Morgan fingerprint density at radius 1 is 1.19 bits per heavy atom. The monoisotopic (exact) mass is 356 g/mol. The lowest BCUT2D eigenvalue weighted by Crippen LogP contribution is -2.41. The number of hydrogen-bond acceptors (Lipinski definition) is 3. The maximum Gasteiger partial charge on any atom is 0.252 e. The van der Waals surface area contributed by atoms with E-state index in [1.165, 1.54) is 19.2 Å². The maximum atomic E-state index is 13.8. The Hall–Kier alpha value is -2.89. The number of rotatable bonds is 4. The number of nitrogens with one attached hydrogen (secondary N) is 1. The van der Waals surface area contributed by atoms with Gasteiger partial charge in [0.05, 0.1) is 7.11 Å². The number of methoxy groups -OCH3 is 1. The van der Waals surface area contributed by atoms with E-state index in [0.717, 1.165) is 22.9 Å². The molecule has 0 spiro atoms. The van der Waals surface area contributed by atoms with E-state index in [1.807, 2.05) is 32.0 Å². The topological polar surface area (TPSA) is 58.6 Å². The van der Waals surface area contributed by atoms with Crippen molar-refractivity contribution < 1.29 is 18.7 Å². The molecule has 0 radical (unpaired) electrons. The van der Waals surface area contributed by atoms with Crippen molar-refractivity contribution in [1.29, 1.82) is 0 Å². The van der Waals surface area contributed by atoms with Crippen LogP contribution < -0.4 is 15.0 Å². The number of carbonyl (C=O) groups is 2. The molecule has 6 heteroatoms. The molecule has 1 N–H and O–H groups in total. The van der Waals surface area contributed by atoms with E-state index in [-0.39, 0.29) is 17.2 Å². The van der Waals surface area contributed by atoms with Crippen molar-refractivity contribution in [3.8, 4) is 5.75 Å². The first-order chi connectivity index (χ1) is 12.4. The van der Waals surface area contributed by atoms with Crippen molar-refractivity contribution in [2.75, 3.05) is 18.6 Å². The van der Waals surface area contributed by atoms with Gasteiger partial charge in [0.1, 0.15) is 6.04 Å². The van der Waals surface area contributed by atoms with Crippen LogP contribution in [0.1, 0.15) is 27.9 Å². The van der Waals surface area contributed by atoms with E-state index in [9.17, 15) is 14.0 Å². The fourth-order valence-electron chi connectivity index (χ4n) is 3.23. The van der Waals surface area contributed by atoms with Gasteiger partial charge >= 0.3 is 0 Å². The largest absolute Gasteiger partial charge is 0.494 e. The van der Waals surface area contributed by atoms with E-state index >= 15 is 0 Å². The Bertz CT molecular complexity index is 846. The molecule has 1 saturated heterocycles. The van der Waals surface area contributed by atoms with E-state index in [1.54, 1.807) is 4.90 Å². The number of ether oxygens (including phenoxy) is 1. The standard InChI is InChI=1S/C20H21FN2O3/c1-12-8-13(2)10-15(9-12)23-7-6-17(20(23)25)22-19(24)14-4-5-18(26-3)16(21)11-14/h4-5,8-11,17H,6-7H2,1-3H3,(H,22,24)/t17-/m1/s1. The number of nitrogens with zero attached hydrogens (tertiary/aromatic N) is 1. The van der Waals surface area contributed by atoms with Gasteiger partial charge in [0.15, 0.2) is 11.6 Å². The van der Waals surface area contributed by atoms with Crippen molar-refractivity contribution in [1.82, 2.24) is 5.32 Å². The zero-order chi connectivity index (χ0) is 18.8. The molecule has 2 aromatic rings. The Morgan fingerprint density at radius 2 is 1.88 bits per heavy atom. The van der Waals surface area contributed by atoms with Gasteiger partial charge in [-0.25, -0.2) is 4.39 Å². The van der Waals surface area contributed by atoms with Crippen LogP contribution in [0.25, 0.3) is 0 Å². The van der Waals surface area contributed by atoms with E-state index in [4.69, 9.17) is 4.74 Å². The number of anilines is 1. The molecule has 2 aromatic carbocycles. The minimum Gasteiger partial charge on any atom is -0.494 e. The van der Waals surface area contributed by atoms with E-state index in [2.05, 4.69) is 5.32 Å². The quantitative estimate of drug-likeness (QED) is 0.916. The van der Waals surface area contributed by atoms with Gasteiger partial charge in [0, 0.05) is 17.8 Å². The molecule has 2 amide bonds. The Morgan fingerprint density at radius 3 is 2.50 bits per heavy atom. The third-order valence-corrected chi connectivity index (χ3v) is 4.44. The molecule has 0 aromatic heterocycles. The van der Waals surface area contributed by atoms with Crippen LogP contribution in [-0.4, -0.2) is 31.5 Å². The van der Waals surface area contributed by atoms with Gasteiger partial charge < -0.3 is 15.0 Å². The Labute approximate surface area is 151 Å². The molecule has 0 aliphatic carbocycles. The summed E-state index contributed by atoms with van der Waals surface area (Å²) >= 11 is 0. The molecule has 0 unspecified atom stereocenters. The highest BCUT2D eigenvalue weighted by atomic mass is 19.1. The first-order valence-electron chi connectivity index (χ1n) is 8.43. The second kappa shape index (κ2) is 7.15. The Kier molecular flexibility index (Phi) is 4.93. The first kappa shape index (κ1) is 17.9. The molecule has 1 aliphatic heterocycles. The summed E-state index contributed by atoms with van der Waals surface area (Å²) in [6.45, 7) is 4.49. The van der Waals surface area contributed by atoms with Gasteiger partial charge in [-0.05, 0) is 61.7 Å². The van der Waals surface area contributed by atoms with Gasteiger partial charge in [-0.1, -0.05) is 6.07 Å². The number of halogens is 1. The smallest absolute Gasteiger partial charge is 0.252 e. The van der Waals surface area contributed by atoms with Crippen LogP contribution in [0.15, 0.2) is 36.4 Å². The average Bonchev–Trinajstić information content (AvgIpc) is 2.94. The van der Waals surface area contributed by atoms with Crippen LogP contribution in [0.4, 0.5) is 10.1 Å². The molecular formula is C20H21FN2O3. The summed E-state index contributed by atoms with van der Waals surface area (Å²) < 4.78 is 18.6. The molecule has 1 fully saturated rings. The van der Waals surface area contributed by atoms with Crippen molar-refractivity contribution in [2.45, 2.75) is 26.3 Å². The number of amides is 2. The maximum absolute atomic E-state index is 13.8. The predicted octanol–water partition coefficient (Wildman–Crippen LogP) is 2.99. The molecule has 5 nitrogen and oxygen atoms in total. The van der Waals surface area contributed by atoms with Gasteiger partial charge in [0.25, 0.3) is 5.91 Å². The number of hydrogen-bond donors (Lipinski definition) is 1. The zero-order valence-electron chi connectivity index (χ0n) is 15.0. The molecule has 1 aliphatic rings. The van der Waals surface area contributed by atoms with Crippen LogP contribution in [0.3, 0.4) is 0 Å². The van der Waals surface area contributed by atoms with E-state index in [0.29, 0.717) is 13.0 Å². The Balaban J connectivity index is 1.72. The van der Waals surface area contributed by atoms with Gasteiger partial charge in [-0.15, -0.1) is 0 Å². The van der Waals surface area contributed by atoms with Gasteiger partial charge in [0.2, 0.25) is 5.91 Å². The van der Waals surface area contributed by atoms with Crippen LogP contribution in [0, 0.1) is 19.7 Å². The van der Waals surface area contributed by atoms with Crippen LogP contribution in [0.5, 0.6) is 5.75 Å². The average molecular weight is 356 g/mol. The third-order valence-electron chi connectivity index (χ3n) is 4.44. The van der Waals surface area contributed by atoms with Gasteiger partial charge in [-0.3, -0.25) is 9.59 Å². The molecule has 1 heterocycles. The number of aryl methyl sites for hydroxylation is 2. The lowest BCUT2D eigenvalue weighted by atomic mass is 10.1. The zero-order valence-corrected chi connectivity index (χ0v) is 15.0. The molecule has 1 atom stereocenters. The highest BCUT2D eigenvalue weighted by Crippen LogP contribution is 2.24. The lowest BCUT2D eigenvalue weighted by Gasteiger charge is -2.18. The molecule has 26 heavy (non-hydrogen) atoms. The second-order valence-electron chi connectivity index (χ2n) is 6.50.